The van der Waals surface area contributed by atoms with E-state index in [1.807, 2.05) is 16.7 Å². The monoisotopic (exact) mass is 305 g/mol. The van der Waals surface area contributed by atoms with E-state index in [9.17, 15) is 4.79 Å². The summed E-state index contributed by atoms with van der Waals surface area (Å²) in [4.78, 5) is 20.4. The van der Waals surface area contributed by atoms with Crippen molar-refractivity contribution in [2.45, 2.75) is 17.1 Å². The van der Waals surface area contributed by atoms with Crippen molar-refractivity contribution in [1.82, 2.24) is 9.80 Å². The molecule has 4 nitrogen and oxygen atoms in total. The third kappa shape index (κ3) is 3.35. The van der Waals surface area contributed by atoms with E-state index >= 15 is 0 Å². The third-order valence-electron chi connectivity index (χ3n) is 4.19. The maximum absolute atomic E-state index is 12.5. The molecular formula is C16H23N3OS. The molecule has 0 saturated carbocycles. The minimum atomic E-state index is 0.261. The number of anilines is 1. The first-order chi connectivity index (χ1) is 10.1. The number of fused-ring (bicyclic) bond motifs is 1. The van der Waals surface area contributed by atoms with E-state index in [-0.39, 0.29) is 5.91 Å². The number of amides is 1. The molecule has 1 aromatic carbocycles. The van der Waals surface area contributed by atoms with Gasteiger partial charge < -0.3 is 14.7 Å². The molecule has 3 rings (SSSR count). The van der Waals surface area contributed by atoms with Gasteiger partial charge in [0.05, 0.1) is 12.2 Å². The van der Waals surface area contributed by atoms with Gasteiger partial charge in [-0.25, -0.2) is 0 Å². The van der Waals surface area contributed by atoms with Gasteiger partial charge in [0.25, 0.3) is 0 Å². The number of para-hydroxylation sites is 1. The lowest BCUT2D eigenvalue weighted by Crippen LogP contribution is -2.51. The maximum atomic E-state index is 12.5. The molecule has 1 atom stereocenters. The summed E-state index contributed by atoms with van der Waals surface area (Å²) in [5, 5.41) is 0.528. The van der Waals surface area contributed by atoms with E-state index in [0.717, 1.165) is 32.7 Å². The highest BCUT2D eigenvalue weighted by molar-refractivity contribution is 8.00. The molecule has 5 heteroatoms. The SMILES string of the molecule is C[C@H]1CN(CC(=O)N2CCN(C)CC2)c2ccccc2S1. The van der Waals surface area contributed by atoms with Crippen LogP contribution in [0, 0.1) is 0 Å². The van der Waals surface area contributed by atoms with Crippen molar-refractivity contribution >= 4 is 23.4 Å². The van der Waals surface area contributed by atoms with Crippen molar-refractivity contribution < 1.29 is 4.79 Å². The molecule has 1 aromatic rings. The van der Waals surface area contributed by atoms with Crippen molar-refractivity contribution in [3.8, 4) is 0 Å². The van der Waals surface area contributed by atoms with Crippen LogP contribution in [-0.2, 0) is 4.79 Å². The lowest BCUT2D eigenvalue weighted by molar-refractivity contribution is -0.131. The molecule has 0 N–H and O–H groups in total. The molecule has 1 amide bonds. The van der Waals surface area contributed by atoms with Crippen LogP contribution >= 0.6 is 11.8 Å². The van der Waals surface area contributed by atoms with Gasteiger partial charge in [-0.2, -0.15) is 0 Å². The van der Waals surface area contributed by atoms with E-state index in [1.165, 1.54) is 10.6 Å². The van der Waals surface area contributed by atoms with E-state index in [2.05, 4.69) is 48.0 Å². The predicted molar refractivity (Wildman–Crippen MR) is 88.1 cm³/mol. The molecule has 1 fully saturated rings. The summed E-state index contributed by atoms with van der Waals surface area (Å²) >= 11 is 1.91. The Morgan fingerprint density at radius 2 is 1.95 bits per heavy atom. The number of carbonyl (C=O) groups excluding carboxylic acids is 1. The first kappa shape index (κ1) is 14.7. The van der Waals surface area contributed by atoms with Crippen LogP contribution in [0.15, 0.2) is 29.2 Å². The van der Waals surface area contributed by atoms with Gasteiger partial charge in [-0.1, -0.05) is 19.1 Å². The lowest BCUT2D eigenvalue weighted by atomic mass is 10.2. The molecule has 0 spiro atoms. The van der Waals surface area contributed by atoms with Crippen molar-refractivity contribution in [3.63, 3.8) is 0 Å². The number of rotatable bonds is 2. The summed E-state index contributed by atoms with van der Waals surface area (Å²) in [5.41, 5.74) is 1.21. The van der Waals surface area contributed by atoms with E-state index in [0.29, 0.717) is 11.8 Å². The number of thioether (sulfide) groups is 1. The molecule has 114 valence electrons. The molecule has 2 aliphatic heterocycles. The summed E-state index contributed by atoms with van der Waals surface area (Å²) in [6.45, 7) is 7.36. The Kier molecular flexibility index (Phi) is 4.40. The van der Waals surface area contributed by atoms with Gasteiger partial charge in [-0.05, 0) is 19.2 Å². The summed E-state index contributed by atoms with van der Waals surface area (Å²) in [6.07, 6.45) is 0. The summed E-state index contributed by atoms with van der Waals surface area (Å²) in [5.74, 6) is 0.261. The van der Waals surface area contributed by atoms with Gasteiger partial charge >= 0.3 is 0 Å². The standard InChI is InChI=1S/C16H23N3OS/c1-13-11-19(14-5-3-4-6-15(14)21-13)12-16(20)18-9-7-17(2)8-10-18/h3-6,13H,7-12H2,1-2H3/t13-/m0/s1. The number of benzene rings is 1. The smallest absolute Gasteiger partial charge is 0.242 e. The second-order valence-corrected chi connectivity index (χ2v) is 7.44. The van der Waals surface area contributed by atoms with Crippen LogP contribution in [-0.4, -0.2) is 67.3 Å². The quantitative estimate of drug-likeness (QED) is 0.832. The molecule has 0 aromatic heterocycles. The zero-order valence-corrected chi connectivity index (χ0v) is 13.6. The zero-order valence-electron chi connectivity index (χ0n) is 12.8. The molecule has 21 heavy (non-hydrogen) atoms. The molecule has 1 saturated heterocycles. The van der Waals surface area contributed by atoms with Crippen molar-refractivity contribution in [3.05, 3.63) is 24.3 Å². The Hall–Kier alpha value is -1.20. The average Bonchev–Trinajstić information content (AvgIpc) is 2.47. The number of hydrogen-bond donors (Lipinski definition) is 0. The fraction of sp³-hybridized carbons (Fsp3) is 0.562. The van der Waals surface area contributed by atoms with Gasteiger partial charge in [-0.15, -0.1) is 11.8 Å². The second kappa shape index (κ2) is 6.28. The largest absolute Gasteiger partial charge is 0.360 e. The minimum absolute atomic E-state index is 0.261. The third-order valence-corrected chi connectivity index (χ3v) is 5.34. The molecular weight excluding hydrogens is 282 g/mol. The highest BCUT2D eigenvalue weighted by Gasteiger charge is 2.26. The number of piperazine rings is 1. The molecule has 0 unspecified atom stereocenters. The van der Waals surface area contributed by atoms with Crippen LogP contribution in [0.4, 0.5) is 5.69 Å². The maximum Gasteiger partial charge on any atom is 0.242 e. The lowest BCUT2D eigenvalue weighted by Gasteiger charge is -2.37. The summed E-state index contributed by atoms with van der Waals surface area (Å²) < 4.78 is 0. The van der Waals surface area contributed by atoms with Crippen molar-refractivity contribution in [2.75, 3.05) is 51.2 Å². The summed E-state index contributed by atoms with van der Waals surface area (Å²) in [7, 11) is 2.11. The van der Waals surface area contributed by atoms with E-state index < -0.39 is 0 Å². The Labute approximate surface area is 131 Å². The molecule has 2 aliphatic rings. The molecule has 0 bridgehead atoms. The topological polar surface area (TPSA) is 26.8 Å². The first-order valence-electron chi connectivity index (χ1n) is 7.60. The minimum Gasteiger partial charge on any atom is -0.360 e. The fourth-order valence-corrected chi connectivity index (χ4v) is 4.11. The zero-order chi connectivity index (χ0) is 14.8. The van der Waals surface area contributed by atoms with Crippen LogP contribution in [0.5, 0.6) is 0 Å². The van der Waals surface area contributed by atoms with E-state index in [4.69, 9.17) is 0 Å². The first-order valence-corrected chi connectivity index (χ1v) is 8.48. The number of hydrogen-bond acceptors (Lipinski definition) is 4. The normalized spacial score (nSPS) is 23.0. The highest BCUT2D eigenvalue weighted by atomic mass is 32.2. The Balaban J connectivity index is 1.68. The average molecular weight is 305 g/mol. The van der Waals surface area contributed by atoms with Gasteiger partial charge in [0, 0.05) is 42.9 Å². The summed E-state index contributed by atoms with van der Waals surface area (Å²) in [6, 6.07) is 8.42. The highest BCUT2D eigenvalue weighted by Crippen LogP contribution is 2.37. The molecule has 0 radical (unpaired) electrons. The van der Waals surface area contributed by atoms with Gasteiger partial charge in [0.15, 0.2) is 0 Å². The Morgan fingerprint density at radius 1 is 1.24 bits per heavy atom. The van der Waals surface area contributed by atoms with Gasteiger partial charge in [0.1, 0.15) is 0 Å². The van der Waals surface area contributed by atoms with Gasteiger partial charge in [0.2, 0.25) is 5.91 Å². The van der Waals surface area contributed by atoms with Gasteiger partial charge in [-0.3, -0.25) is 4.79 Å². The number of nitrogens with zero attached hydrogens (tertiary/aromatic N) is 3. The number of carbonyl (C=O) groups is 1. The predicted octanol–water partition coefficient (Wildman–Crippen LogP) is 1.76. The fourth-order valence-electron chi connectivity index (χ4n) is 2.95. The number of likely N-dealkylation sites (N-methyl/N-ethyl adjacent to an activating group) is 1. The van der Waals surface area contributed by atoms with Crippen LogP contribution in [0.25, 0.3) is 0 Å². The molecule has 0 aliphatic carbocycles. The Bertz CT molecular complexity index is 514. The van der Waals surface area contributed by atoms with Crippen LogP contribution in [0.3, 0.4) is 0 Å². The van der Waals surface area contributed by atoms with Crippen LogP contribution < -0.4 is 4.90 Å². The van der Waals surface area contributed by atoms with Crippen molar-refractivity contribution in [1.29, 1.82) is 0 Å². The van der Waals surface area contributed by atoms with Crippen LogP contribution in [0.2, 0.25) is 0 Å². The Morgan fingerprint density at radius 3 is 2.71 bits per heavy atom. The van der Waals surface area contributed by atoms with Crippen molar-refractivity contribution in [2.24, 2.45) is 0 Å². The van der Waals surface area contributed by atoms with Crippen LogP contribution in [0.1, 0.15) is 6.92 Å². The second-order valence-electron chi connectivity index (χ2n) is 5.96. The molecule has 2 heterocycles. The van der Waals surface area contributed by atoms with E-state index in [1.54, 1.807) is 0 Å².